The van der Waals surface area contributed by atoms with Crippen LogP contribution < -0.4 is 11.3 Å². The highest BCUT2D eigenvalue weighted by Crippen LogP contribution is 2.60. The summed E-state index contributed by atoms with van der Waals surface area (Å²) in [5.74, 6) is 3.30. The highest BCUT2D eigenvalue weighted by atomic mass is 16.1. The molecule has 4 heteroatoms. The van der Waals surface area contributed by atoms with Gasteiger partial charge in [-0.3, -0.25) is 4.79 Å². The summed E-state index contributed by atoms with van der Waals surface area (Å²) in [6.45, 7) is 2.19. The smallest absolute Gasteiger partial charge is 0.255 e. The number of nitrogens with zero attached hydrogens (tertiary/aromatic N) is 1. The third-order valence-electron chi connectivity index (χ3n) is 5.88. The number of hydrogen-bond donors (Lipinski definition) is 2. The lowest BCUT2D eigenvalue weighted by atomic mass is 9.48. The molecule has 0 radical (unpaired) electrons. The minimum absolute atomic E-state index is 0.0225. The van der Waals surface area contributed by atoms with Gasteiger partial charge < -0.3 is 10.7 Å². The van der Waals surface area contributed by atoms with E-state index in [1.54, 1.807) is 0 Å². The first-order valence-electron chi connectivity index (χ1n) is 7.90. The molecule has 4 aliphatic carbocycles. The fraction of sp³-hybridized carbons (Fsp3) is 0.750. The van der Waals surface area contributed by atoms with Gasteiger partial charge in [0.1, 0.15) is 5.82 Å². The lowest BCUT2D eigenvalue weighted by Gasteiger charge is -2.56. The minimum Gasteiger partial charge on any atom is -0.326 e. The van der Waals surface area contributed by atoms with Gasteiger partial charge in [-0.15, -0.1) is 0 Å². The lowest BCUT2D eigenvalue weighted by Crippen LogP contribution is -2.50. The molecule has 4 aliphatic rings. The Kier molecular flexibility index (Phi) is 2.62. The quantitative estimate of drug-likeness (QED) is 0.865. The molecule has 4 fully saturated rings. The molecule has 0 unspecified atom stereocenters. The molecule has 3 N–H and O–H groups in total. The molecule has 0 aromatic carbocycles. The van der Waals surface area contributed by atoms with Crippen molar-refractivity contribution in [1.82, 2.24) is 9.97 Å². The maximum Gasteiger partial charge on any atom is 0.255 e. The van der Waals surface area contributed by atoms with E-state index in [-0.39, 0.29) is 11.0 Å². The van der Waals surface area contributed by atoms with Crippen LogP contribution >= 0.6 is 0 Å². The Morgan fingerprint density at radius 3 is 2.25 bits per heavy atom. The van der Waals surface area contributed by atoms with E-state index in [9.17, 15) is 4.79 Å². The van der Waals surface area contributed by atoms with E-state index in [2.05, 4.69) is 4.98 Å². The first kappa shape index (κ1) is 12.6. The summed E-state index contributed by atoms with van der Waals surface area (Å²) in [7, 11) is 0. The fourth-order valence-corrected chi connectivity index (χ4v) is 5.64. The van der Waals surface area contributed by atoms with Crippen LogP contribution in [0.1, 0.15) is 55.6 Å². The second kappa shape index (κ2) is 4.17. The van der Waals surface area contributed by atoms with Gasteiger partial charge in [0, 0.05) is 12.0 Å². The zero-order valence-electron chi connectivity index (χ0n) is 12.1. The van der Waals surface area contributed by atoms with Gasteiger partial charge in [-0.05, 0) is 63.2 Å². The first-order chi connectivity index (χ1) is 9.59. The van der Waals surface area contributed by atoms with Crippen molar-refractivity contribution >= 4 is 0 Å². The predicted molar refractivity (Wildman–Crippen MR) is 77.3 cm³/mol. The molecule has 1 aromatic heterocycles. The van der Waals surface area contributed by atoms with Crippen molar-refractivity contribution in [3.8, 4) is 0 Å². The standard InChI is InChI=1S/C16H23N3O/c1-9-18-14(13(8-17)15(20)19-9)16-5-10-2-11(6-16)4-12(3-10)7-16/h10-12H,2-8,17H2,1H3,(H,18,19,20). The van der Waals surface area contributed by atoms with Crippen molar-refractivity contribution in [2.24, 2.45) is 23.5 Å². The highest BCUT2D eigenvalue weighted by molar-refractivity contribution is 5.30. The molecular weight excluding hydrogens is 250 g/mol. The second-order valence-corrected chi connectivity index (χ2v) is 7.38. The third kappa shape index (κ3) is 1.70. The van der Waals surface area contributed by atoms with E-state index in [1.165, 1.54) is 38.5 Å². The van der Waals surface area contributed by atoms with E-state index < -0.39 is 0 Å². The first-order valence-corrected chi connectivity index (χ1v) is 7.90. The van der Waals surface area contributed by atoms with Crippen LogP contribution in [-0.2, 0) is 12.0 Å². The molecule has 0 amide bonds. The van der Waals surface area contributed by atoms with Gasteiger partial charge in [0.05, 0.1) is 11.3 Å². The molecule has 4 nitrogen and oxygen atoms in total. The molecule has 4 saturated carbocycles. The van der Waals surface area contributed by atoms with Crippen LogP contribution in [0, 0.1) is 24.7 Å². The van der Waals surface area contributed by atoms with Crippen LogP contribution in [0.2, 0.25) is 0 Å². The molecule has 0 aliphatic heterocycles. The maximum atomic E-state index is 12.2. The van der Waals surface area contributed by atoms with Crippen LogP contribution in [-0.4, -0.2) is 9.97 Å². The Labute approximate surface area is 119 Å². The molecule has 5 rings (SSSR count). The highest BCUT2D eigenvalue weighted by Gasteiger charge is 2.53. The number of nitrogens with two attached hydrogens (primary N) is 1. The van der Waals surface area contributed by atoms with Crippen molar-refractivity contribution in [2.75, 3.05) is 0 Å². The van der Waals surface area contributed by atoms with Crippen LogP contribution in [0.25, 0.3) is 0 Å². The van der Waals surface area contributed by atoms with Gasteiger partial charge in [0.2, 0.25) is 0 Å². The summed E-state index contributed by atoms with van der Waals surface area (Å²) in [6.07, 6.45) is 7.88. The van der Waals surface area contributed by atoms with Crippen LogP contribution in [0.15, 0.2) is 4.79 Å². The van der Waals surface area contributed by atoms with Crippen LogP contribution in [0.3, 0.4) is 0 Å². The summed E-state index contributed by atoms with van der Waals surface area (Å²) in [6, 6.07) is 0. The molecular formula is C16H23N3O. The molecule has 0 spiro atoms. The van der Waals surface area contributed by atoms with Gasteiger partial charge in [-0.25, -0.2) is 4.98 Å². The van der Waals surface area contributed by atoms with Crippen molar-refractivity contribution in [3.05, 3.63) is 27.4 Å². The molecule has 0 saturated heterocycles. The number of aromatic nitrogens is 2. The number of aryl methyl sites for hydroxylation is 1. The second-order valence-electron chi connectivity index (χ2n) is 7.38. The summed E-state index contributed by atoms with van der Waals surface area (Å²) >= 11 is 0. The number of nitrogens with one attached hydrogen (secondary N) is 1. The Morgan fingerprint density at radius 1 is 1.20 bits per heavy atom. The number of H-pyrrole nitrogens is 1. The van der Waals surface area contributed by atoms with Crippen molar-refractivity contribution in [3.63, 3.8) is 0 Å². The van der Waals surface area contributed by atoms with Crippen LogP contribution in [0.5, 0.6) is 0 Å². The molecule has 4 bridgehead atoms. The van der Waals surface area contributed by atoms with Gasteiger partial charge in [-0.2, -0.15) is 0 Å². The molecule has 1 aromatic rings. The zero-order valence-corrected chi connectivity index (χ0v) is 12.1. The van der Waals surface area contributed by atoms with Crippen LogP contribution in [0.4, 0.5) is 0 Å². The van der Waals surface area contributed by atoms with Gasteiger partial charge >= 0.3 is 0 Å². The molecule has 108 valence electrons. The molecule has 20 heavy (non-hydrogen) atoms. The van der Waals surface area contributed by atoms with E-state index in [4.69, 9.17) is 10.7 Å². The van der Waals surface area contributed by atoms with Crippen molar-refractivity contribution < 1.29 is 0 Å². The SMILES string of the molecule is Cc1nc(C23CC4CC(CC(C4)C2)C3)c(CN)c(=O)[nH]1. The van der Waals surface area contributed by atoms with Gasteiger partial charge in [0.25, 0.3) is 5.56 Å². The summed E-state index contributed by atoms with van der Waals surface area (Å²) in [4.78, 5) is 19.8. The van der Waals surface area contributed by atoms with E-state index in [0.717, 1.165) is 34.8 Å². The Hall–Kier alpha value is -1.16. The summed E-state index contributed by atoms with van der Waals surface area (Å²) in [5.41, 5.74) is 7.77. The average Bonchev–Trinajstić information content (AvgIpc) is 2.36. The Balaban J connectivity index is 1.86. The molecule has 0 atom stereocenters. The Bertz CT molecular complexity index is 569. The van der Waals surface area contributed by atoms with Gasteiger partial charge in [0.15, 0.2) is 0 Å². The monoisotopic (exact) mass is 273 g/mol. The lowest BCUT2D eigenvalue weighted by molar-refractivity contribution is -0.00782. The van der Waals surface area contributed by atoms with Crippen molar-refractivity contribution in [2.45, 2.75) is 57.4 Å². The third-order valence-corrected chi connectivity index (χ3v) is 5.88. The van der Waals surface area contributed by atoms with Crippen molar-refractivity contribution in [1.29, 1.82) is 0 Å². The molecule has 1 heterocycles. The predicted octanol–water partition coefficient (Wildman–Crippen LogP) is 2.00. The topological polar surface area (TPSA) is 71.8 Å². The van der Waals surface area contributed by atoms with Gasteiger partial charge in [-0.1, -0.05) is 0 Å². The largest absolute Gasteiger partial charge is 0.326 e. The number of hydrogen-bond acceptors (Lipinski definition) is 3. The fourth-order valence-electron chi connectivity index (χ4n) is 5.64. The zero-order chi connectivity index (χ0) is 13.9. The van der Waals surface area contributed by atoms with E-state index >= 15 is 0 Å². The maximum absolute atomic E-state index is 12.2. The summed E-state index contributed by atoms with van der Waals surface area (Å²) in [5, 5.41) is 0. The number of aromatic amines is 1. The summed E-state index contributed by atoms with van der Waals surface area (Å²) < 4.78 is 0. The van der Waals surface area contributed by atoms with E-state index in [1.807, 2.05) is 6.92 Å². The van der Waals surface area contributed by atoms with E-state index in [0.29, 0.717) is 6.54 Å². The Morgan fingerprint density at radius 2 is 1.75 bits per heavy atom. The minimum atomic E-state index is -0.0225. The number of rotatable bonds is 2. The average molecular weight is 273 g/mol. The normalized spacial score (nSPS) is 38.4.